The van der Waals surface area contributed by atoms with Gasteiger partial charge in [0.25, 0.3) is 0 Å². The first-order chi connectivity index (χ1) is 6.45. The van der Waals surface area contributed by atoms with Gasteiger partial charge in [-0.25, -0.2) is 0 Å². The Labute approximate surface area is 126 Å². The summed E-state index contributed by atoms with van der Waals surface area (Å²) in [4.78, 5) is 20.6. The molecule has 0 aliphatic rings. The van der Waals surface area contributed by atoms with E-state index >= 15 is 0 Å². The minimum Gasteiger partial charge on any atom is -0.870 e. The number of carbonyl (C=O) groups is 2. The summed E-state index contributed by atoms with van der Waals surface area (Å²) in [5, 5.41) is 17.8. The molecule has 16 heavy (non-hydrogen) atoms. The summed E-state index contributed by atoms with van der Waals surface area (Å²) >= 11 is 0.218. The molecular weight excluding hydrogens is 361 g/mol. The third-order valence-electron chi connectivity index (χ3n) is 1.21. The molecule has 0 aromatic heterocycles. The molecular formula is C6H13N2NaO5Se2. The van der Waals surface area contributed by atoms with Gasteiger partial charge in [-0.15, -0.1) is 0 Å². The Morgan fingerprint density at radius 2 is 1.25 bits per heavy atom. The molecule has 10 heteroatoms. The second-order valence-electron chi connectivity index (χ2n) is 2.46. The number of aliphatic carboxylic acids is 2. The normalized spacial score (nSPS) is 12.9. The fourth-order valence-corrected chi connectivity index (χ4v) is 7.30. The van der Waals surface area contributed by atoms with E-state index < -0.39 is 24.0 Å². The van der Waals surface area contributed by atoms with Crippen molar-refractivity contribution in [3.8, 4) is 0 Å². The fraction of sp³-hybridized carbons (Fsp3) is 0.667. The van der Waals surface area contributed by atoms with Crippen molar-refractivity contribution in [1.29, 1.82) is 0 Å². The topological polar surface area (TPSA) is 157 Å². The molecule has 7 N–H and O–H groups in total. The van der Waals surface area contributed by atoms with Crippen LogP contribution in [0, 0.1) is 0 Å². The van der Waals surface area contributed by atoms with Crippen molar-refractivity contribution in [3.05, 3.63) is 0 Å². The largest absolute Gasteiger partial charge is 1.00 e. The van der Waals surface area contributed by atoms with Gasteiger partial charge in [-0.1, -0.05) is 0 Å². The van der Waals surface area contributed by atoms with Gasteiger partial charge in [0, 0.05) is 0 Å². The van der Waals surface area contributed by atoms with E-state index in [-0.39, 0.29) is 61.3 Å². The third-order valence-corrected chi connectivity index (χ3v) is 8.42. The zero-order chi connectivity index (χ0) is 11.1. The van der Waals surface area contributed by atoms with Gasteiger partial charge in [0.05, 0.1) is 0 Å². The van der Waals surface area contributed by atoms with Gasteiger partial charge in [0.15, 0.2) is 0 Å². The van der Waals surface area contributed by atoms with Gasteiger partial charge in [-0.3, -0.25) is 0 Å². The van der Waals surface area contributed by atoms with Crippen LogP contribution in [0.3, 0.4) is 0 Å². The smallest absolute Gasteiger partial charge is 0.870 e. The Morgan fingerprint density at radius 3 is 1.44 bits per heavy atom. The molecule has 0 fully saturated rings. The van der Waals surface area contributed by atoms with Gasteiger partial charge < -0.3 is 5.48 Å². The summed E-state index contributed by atoms with van der Waals surface area (Å²) in [6.45, 7) is 0. The summed E-state index contributed by atoms with van der Waals surface area (Å²) in [6, 6.07) is -1.64. The van der Waals surface area contributed by atoms with Crippen LogP contribution in [0.15, 0.2) is 0 Å². The molecule has 7 nitrogen and oxygen atoms in total. The molecule has 0 heterocycles. The van der Waals surface area contributed by atoms with Gasteiger partial charge in [0.1, 0.15) is 0 Å². The van der Waals surface area contributed by atoms with Crippen LogP contribution < -0.4 is 41.0 Å². The van der Waals surface area contributed by atoms with Crippen molar-refractivity contribution in [1.82, 2.24) is 0 Å². The predicted molar refractivity (Wildman–Crippen MR) is 54.3 cm³/mol. The molecule has 0 aromatic rings. The first kappa shape index (κ1) is 22.1. The quantitative estimate of drug-likeness (QED) is 0.256. The van der Waals surface area contributed by atoms with Crippen molar-refractivity contribution in [3.63, 3.8) is 0 Å². The first-order valence-corrected chi connectivity index (χ1v) is 10.4. The van der Waals surface area contributed by atoms with E-state index in [0.29, 0.717) is 10.6 Å². The molecule has 0 aliphatic carbocycles. The molecule has 0 spiro atoms. The Kier molecular flexibility index (Phi) is 17.0. The molecule has 90 valence electrons. The minimum atomic E-state index is -1.01. The summed E-state index contributed by atoms with van der Waals surface area (Å²) in [6.07, 6.45) is 0. The van der Waals surface area contributed by atoms with E-state index in [1.54, 1.807) is 0 Å². The average molecular weight is 374 g/mol. The maximum absolute atomic E-state index is 10.3. The van der Waals surface area contributed by atoms with E-state index in [1.165, 1.54) is 0 Å². The molecule has 0 radical (unpaired) electrons. The van der Waals surface area contributed by atoms with Crippen LogP contribution in [-0.4, -0.2) is 66.0 Å². The van der Waals surface area contributed by atoms with E-state index in [9.17, 15) is 9.59 Å². The minimum absolute atomic E-state index is 0. The second-order valence-corrected chi connectivity index (χ2v) is 9.99. The maximum atomic E-state index is 10.3. The average Bonchev–Trinajstić information content (AvgIpc) is 2.11. The summed E-state index contributed by atoms with van der Waals surface area (Å²) < 4.78 is 0. The molecule has 0 bridgehead atoms. The van der Waals surface area contributed by atoms with Crippen LogP contribution in [0.2, 0.25) is 10.6 Å². The number of rotatable bonds is 7. The van der Waals surface area contributed by atoms with E-state index in [2.05, 4.69) is 0 Å². The number of nitrogens with two attached hydrogens (primary N) is 2. The van der Waals surface area contributed by atoms with Crippen molar-refractivity contribution in [2.24, 2.45) is 11.5 Å². The van der Waals surface area contributed by atoms with E-state index in [1.807, 2.05) is 0 Å². The van der Waals surface area contributed by atoms with E-state index in [4.69, 9.17) is 21.7 Å². The zero-order valence-electron chi connectivity index (χ0n) is 8.70. The fourth-order valence-electron chi connectivity index (χ4n) is 0.385. The molecule has 0 amide bonds. The van der Waals surface area contributed by atoms with Gasteiger partial charge in [-0.05, 0) is 0 Å². The summed E-state index contributed by atoms with van der Waals surface area (Å²) in [7, 11) is 0. The monoisotopic (exact) mass is 376 g/mol. The van der Waals surface area contributed by atoms with Crippen LogP contribution in [0.1, 0.15) is 0 Å². The van der Waals surface area contributed by atoms with E-state index in [0.717, 1.165) is 0 Å². The Hall–Kier alpha value is 0.859. The van der Waals surface area contributed by atoms with Crippen LogP contribution in [-0.2, 0) is 9.59 Å². The van der Waals surface area contributed by atoms with Gasteiger partial charge in [-0.2, -0.15) is 0 Å². The summed E-state index contributed by atoms with van der Waals surface area (Å²) in [5.41, 5.74) is 10.5. The van der Waals surface area contributed by atoms with Crippen LogP contribution in [0.4, 0.5) is 0 Å². The molecule has 2 unspecified atom stereocenters. The number of carboxylic acid groups (broad SMARTS) is 2. The van der Waals surface area contributed by atoms with Crippen LogP contribution in [0.25, 0.3) is 0 Å². The van der Waals surface area contributed by atoms with Crippen molar-refractivity contribution >= 4 is 38.2 Å². The molecule has 0 saturated carbocycles. The number of hydrogen-bond donors (Lipinski definition) is 4. The van der Waals surface area contributed by atoms with Crippen molar-refractivity contribution < 1.29 is 54.8 Å². The van der Waals surface area contributed by atoms with Crippen molar-refractivity contribution in [2.75, 3.05) is 0 Å². The number of hydrogen-bond acceptors (Lipinski definition) is 5. The zero-order valence-corrected chi connectivity index (χ0v) is 14.1. The first-order valence-electron chi connectivity index (χ1n) is 3.66. The molecule has 0 aromatic carbocycles. The Bertz CT molecular complexity index is 199. The Balaban J connectivity index is -0.000000845. The third kappa shape index (κ3) is 11.3. The number of carboxylic acids is 2. The van der Waals surface area contributed by atoms with Gasteiger partial charge >= 0.3 is 122 Å². The van der Waals surface area contributed by atoms with Crippen LogP contribution in [0.5, 0.6) is 0 Å². The molecule has 0 saturated heterocycles. The Morgan fingerprint density at radius 1 is 1.00 bits per heavy atom. The molecule has 2 atom stereocenters. The summed E-state index contributed by atoms with van der Waals surface area (Å²) in [5.74, 6) is -2.02. The van der Waals surface area contributed by atoms with Crippen LogP contribution >= 0.6 is 0 Å². The SMILES string of the molecule is NC(C[Se][Se]CC(N)C(=O)O)C(=O)O.[Na+].[OH-]. The molecule has 0 aliphatic heterocycles. The molecule has 0 rings (SSSR count). The standard InChI is InChI=1S/C6H12N2O4Se2.Na.H2O/c7-3(5(9)10)1-13-14-2-4(8)6(11)12;;/h3-4H,1-2,7-8H2,(H,9,10)(H,11,12);;1H2/q;+1;/p-1. The second kappa shape index (κ2) is 12.3. The van der Waals surface area contributed by atoms with Crippen molar-refractivity contribution in [2.45, 2.75) is 22.7 Å². The van der Waals surface area contributed by atoms with Gasteiger partial charge in [0.2, 0.25) is 0 Å². The predicted octanol–water partition coefficient (Wildman–Crippen LogP) is -5.20. The maximum Gasteiger partial charge on any atom is 1.00 e.